The van der Waals surface area contributed by atoms with Crippen molar-refractivity contribution < 1.29 is 18.3 Å². The molecule has 1 aliphatic rings. The molecule has 0 radical (unpaired) electrons. The van der Waals surface area contributed by atoms with Crippen molar-refractivity contribution >= 4 is 0 Å². The largest absolute Gasteiger partial charge is 0.401 e. The fourth-order valence-corrected chi connectivity index (χ4v) is 1.71. The Morgan fingerprint density at radius 2 is 2.00 bits per heavy atom. The minimum absolute atomic E-state index is 0.171. The minimum Gasteiger partial charge on any atom is -0.395 e. The summed E-state index contributed by atoms with van der Waals surface area (Å²) >= 11 is 0. The molecule has 0 aliphatic carbocycles. The first-order valence-corrected chi connectivity index (χ1v) is 4.44. The van der Waals surface area contributed by atoms with Gasteiger partial charge in [0.15, 0.2) is 0 Å². The molecule has 0 aromatic carbocycles. The summed E-state index contributed by atoms with van der Waals surface area (Å²) in [7, 11) is 0. The second kappa shape index (κ2) is 4.28. The van der Waals surface area contributed by atoms with E-state index in [1.807, 2.05) is 0 Å². The predicted octanol–water partition coefficient (Wildman–Crippen LogP) is 1.40. The predicted molar refractivity (Wildman–Crippen MR) is 42.4 cm³/mol. The van der Waals surface area contributed by atoms with Crippen LogP contribution < -0.4 is 0 Å². The molecule has 0 spiro atoms. The summed E-state index contributed by atoms with van der Waals surface area (Å²) in [5.74, 6) is 0. The highest BCUT2D eigenvalue weighted by atomic mass is 19.4. The number of hydrogen-bond acceptors (Lipinski definition) is 2. The maximum absolute atomic E-state index is 12.0. The molecule has 0 aromatic heterocycles. The van der Waals surface area contributed by atoms with Crippen LogP contribution in [0.2, 0.25) is 0 Å². The van der Waals surface area contributed by atoms with Crippen LogP contribution >= 0.6 is 0 Å². The van der Waals surface area contributed by atoms with E-state index in [-0.39, 0.29) is 12.6 Å². The molecule has 13 heavy (non-hydrogen) atoms. The van der Waals surface area contributed by atoms with Crippen LogP contribution in [0.5, 0.6) is 0 Å². The van der Waals surface area contributed by atoms with Gasteiger partial charge in [0.1, 0.15) is 0 Å². The molecule has 1 heterocycles. The van der Waals surface area contributed by atoms with Crippen molar-refractivity contribution in [1.29, 1.82) is 0 Å². The number of piperidine rings is 1. The van der Waals surface area contributed by atoms with Crippen molar-refractivity contribution in [3.05, 3.63) is 0 Å². The van der Waals surface area contributed by atoms with E-state index in [9.17, 15) is 13.2 Å². The highest BCUT2D eigenvalue weighted by Crippen LogP contribution is 2.23. The van der Waals surface area contributed by atoms with E-state index in [0.717, 1.165) is 12.8 Å². The van der Waals surface area contributed by atoms with Gasteiger partial charge in [-0.3, -0.25) is 4.90 Å². The summed E-state index contributed by atoms with van der Waals surface area (Å²) in [4.78, 5) is 1.32. The zero-order valence-electron chi connectivity index (χ0n) is 7.35. The molecule has 5 heteroatoms. The molecule has 1 aliphatic heterocycles. The Morgan fingerprint density at radius 3 is 2.54 bits per heavy atom. The van der Waals surface area contributed by atoms with E-state index in [1.54, 1.807) is 0 Å². The normalized spacial score (nSPS) is 26.3. The van der Waals surface area contributed by atoms with Gasteiger partial charge in [0, 0.05) is 6.04 Å². The number of rotatable bonds is 2. The van der Waals surface area contributed by atoms with Gasteiger partial charge in [0.2, 0.25) is 0 Å². The maximum atomic E-state index is 12.0. The first-order chi connectivity index (χ1) is 6.03. The summed E-state index contributed by atoms with van der Waals surface area (Å²) in [6.45, 7) is -0.612. The highest BCUT2D eigenvalue weighted by molar-refractivity contribution is 4.77. The Kier molecular flexibility index (Phi) is 3.55. The van der Waals surface area contributed by atoms with Gasteiger partial charge in [-0.15, -0.1) is 0 Å². The molecule has 0 saturated carbocycles. The number of alkyl halides is 3. The van der Waals surface area contributed by atoms with Crippen molar-refractivity contribution in [3.8, 4) is 0 Å². The van der Waals surface area contributed by atoms with Crippen LogP contribution in [0.15, 0.2) is 0 Å². The van der Waals surface area contributed by atoms with Gasteiger partial charge >= 0.3 is 6.18 Å². The SMILES string of the molecule is OCC1CCCCN1CC(F)(F)F. The third-order valence-electron chi connectivity index (χ3n) is 2.34. The first kappa shape index (κ1) is 10.8. The lowest BCUT2D eigenvalue weighted by molar-refractivity contribution is -0.155. The van der Waals surface area contributed by atoms with E-state index in [1.165, 1.54) is 4.90 Å². The van der Waals surface area contributed by atoms with E-state index in [2.05, 4.69) is 0 Å². The van der Waals surface area contributed by atoms with Crippen LogP contribution in [0.1, 0.15) is 19.3 Å². The van der Waals surface area contributed by atoms with Gasteiger partial charge in [-0.1, -0.05) is 6.42 Å². The Morgan fingerprint density at radius 1 is 1.31 bits per heavy atom. The fraction of sp³-hybridized carbons (Fsp3) is 1.00. The van der Waals surface area contributed by atoms with Crippen molar-refractivity contribution in [2.24, 2.45) is 0 Å². The van der Waals surface area contributed by atoms with Crippen LogP contribution in [-0.4, -0.2) is 41.9 Å². The third kappa shape index (κ3) is 3.52. The number of nitrogens with zero attached hydrogens (tertiary/aromatic N) is 1. The van der Waals surface area contributed by atoms with Crippen molar-refractivity contribution in [2.75, 3.05) is 19.7 Å². The van der Waals surface area contributed by atoms with Crippen molar-refractivity contribution in [3.63, 3.8) is 0 Å². The third-order valence-corrected chi connectivity index (χ3v) is 2.34. The standard InChI is InChI=1S/C8H14F3NO/c9-8(10,11)6-12-4-2-1-3-7(12)5-13/h7,13H,1-6H2. The molecule has 0 amide bonds. The monoisotopic (exact) mass is 197 g/mol. The van der Waals surface area contributed by atoms with Crippen LogP contribution in [0.25, 0.3) is 0 Å². The van der Waals surface area contributed by atoms with Crippen molar-refractivity contribution in [2.45, 2.75) is 31.5 Å². The van der Waals surface area contributed by atoms with Gasteiger partial charge in [0.25, 0.3) is 0 Å². The Bertz CT molecular complexity index is 160. The molecule has 2 nitrogen and oxygen atoms in total. The molecule has 1 atom stereocenters. The van der Waals surface area contributed by atoms with Gasteiger partial charge < -0.3 is 5.11 Å². The van der Waals surface area contributed by atoms with Crippen LogP contribution in [0.4, 0.5) is 13.2 Å². The van der Waals surface area contributed by atoms with E-state index in [0.29, 0.717) is 13.0 Å². The van der Waals surface area contributed by atoms with Crippen LogP contribution in [0.3, 0.4) is 0 Å². The molecular weight excluding hydrogens is 183 g/mol. The van der Waals surface area contributed by atoms with Gasteiger partial charge in [-0.2, -0.15) is 13.2 Å². The van der Waals surface area contributed by atoms with Crippen LogP contribution in [0, 0.1) is 0 Å². The minimum atomic E-state index is -4.15. The molecule has 1 fully saturated rings. The lowest BCUT2D eigenvalue weighted by Gasteiger charge is -2.34. The average Bonchev–Trinajstić information content (AvgIpc) is 2.02. The Balaban J connectivity index is 2.45. The average molecular weight is 197 g/mol. The summed E-state index contributed by atoms with van der Waals surface area (Å²) in [6, 6.07) is -0.296. The first-order valence-electron chi connectivity index (χ1n) is 4.44. The van der Waals surface area contributed by atoms with Gasteiger partial charge in [-0.05, 0) is 19.4 Å². The molecule has 1 unspecified atom stereocenters. The molecule has 1 N–H and O–H groups in total. The lowest BCUT2D eigenvalue weighted by Crippen LogP contribution is -2.46. The molecule has 1 rings (SSSR count). The van der Waals surface area contributed by atoms with E-state index < -0.39 is 12.7 Å². The Labute approximate surface area is 75.3 Å². The maximum Gasteiger partial charge on any atom is 0.401 e. The number of likely N-dealkylation sites (tertiary alicyclic amines) is 1. The quantitative estimate of drug-likeness (QED) is 0.723. The molecule has 78 valence electrons. The van der Waals surface area contributed by atoms with Crippen molar-refractivity contribution in [1.82, 2.24) is 4.90 Å². The van der Waals surface area contributed by atoms with Gasteiger partial charge in [0.05, 0.1) is 13.2 Å². The second-order valence-electron chi connectivity index (χ2n) is 3.42. The molecule has 0 bridgehead atoms. The molecular formula is C8H14F3NO. The number of hydrogen-bond donors (Lipinski definition) is 1. The van der Waals surface area contributed by atoms with E-state index in [4.69, 9.17) is 5.11 Å². The molecule has 1 saturated heterocycles. The van der Waals surface area contributed by atoms with E-state index >= 15 is 0 Å². The zero-order chi connectivity index (χ0) is 9.90. The van der Waals surface area contributed by atoms with Crippen LogP contribution in [-0.2, 0) is 0 Å². The Hall–Kier alpha value is -0.290. The number of aliphatic hydroxyl groups excluding tert-OH is 1. The summed E-state index contributed by atoms with van der Waals surface area (Å²) in [6.07, 6.45) is -1.76. The van der Waals surface area contributed by atoms with Gasteiger partial charge in [-0.25, -0.2) is 0 Å². The fourth-order valence-electron chi connectivity index (χ4n) is 1.71. The zero-order valence-corrected chi connectivity index (χ0v) is 7.35. The highest BCUT2D eigenvalue weighted by Gasteiger charge is 2.34. The number of halogens is 3. The smallest absolute Gasteiger partial charge is 0.395 e. The molecule has 0 aromatic rings. The topological polar surface area (TPSA) is 23.5 Å². The lowest BCUT2D eigenvalue weighted by atomic mass is 10.0. The summed E-state index contributed by atoms with van der Waals surface area (Å²) in [5, 5.41) is 8.85. The number of aliphatic hydroxyl groups is 1. The summed E-state index contributed by atoms with van der Waals surface area (Å²) < 4.78 is 36.1. The summed E-state index contributed by atoms with van der Waals surface area (Å²) in [5.41, 5.74) is 0. The second-order valence-corrected chi connectivity index (χ2v) is 3.42.